The van der Waals surface area contributed by atoms with Gasteiger partial charge in [0.05, 0.1) is 5.41 Å². The zero-order valence-electron chi connectivity index (χ0n) is 13.2. The van der Waals surface area contributed by atoms with Gasteiger partial charge in [-0.3, -0.25) is 4.79 Å². The first kappa shape index (κ1) is 16.5. The maximum Gasteiger partial charge on any atom is 0.230 e. The summed E-state index contributed by atoms with van der Waals surface area (Å²) < 4.78 is 0. The monoisotopic (exact) mass is 268 g/mol. The number of piperidine rings is 1. The normalized spacial score (nSPS) is 24.6. The van der Waals surface area contributed by atoms with E-state index < -0.39 is 0 Å². The Labute approximate surface area is 118 Å². The summed E-state index contributed by atoms with van der Waals surface area (Å²) in [7, 11) is 0. The largest absolute Gasteiger partial charge is 0.337 e. The van der Waals surface area contributed by atoms with Crippen LogP contribution in [0, 0.1) is 5.41 Å². The average molecular weight is 268 g/mol. The molecule has 19 heavy (non-hydrogen) atoms. The molecule has 1 saturated heterocycles. The summed E-state index contributed by atoms with van der Waals surface area (Å²) in [5.74, 6) is 0.318. The smallest absolute Gasteiger partial charge is 0.230 e. The van der Waals surface area contributed by atoms with Gasteiger partial charge in [0.1, 0.15) is 0 Å². The lowest BCUT2D eigenvalue weighted by atomic mass is 9.76. The second-order valence-corrected chi connectivity index (χ2v) is 6.33. The van der Waals surface area contributed by atoms with Crippen LogP contribution >= 0.6 is 0 Å². The molecule has 0 radical (unpaired) electrons. The Morgan fingerprint density at radius 1 is 1.16 bits per heavy atom. The third kappa shape index (κ3) is 3.50. The Morgan fingerprint density at radius 3 is 2.00 bits per heavy atom. The fourth-order valence-electron chi connectivity index (χ4n) is 3.68. The van der Waals surface area contributed by atoms with E-state index in [1.54, 1.807) is 0 Å². The standard InChI is InChI=1S/C16H32N2O/c1-5-10-16(12-17,11-6-2)15(19)18-13(3)8-7-9-14(18)4/h13-14H,5-12,17H2,1-4H3/t13-,14+. The van der Waals surface area contributed by atoms with Crippen LogP contribution in [0.5, 0.6) is 0 Å². The van der Waals surface area contributed by atoms with Crippen molar-refractivity contribution in [3.63, 3.8) is 0 Å². The van der Waals surface area contributed by atoms with Gasteiger partial charge in [-0.1, -0.05) is 26.7 Å². The van der Waals surface area contributed by atoms with E-state index in [0.29, 0.717) is 24.5 Å². The van der Waals surface area contributed by atoms with Crippen LogP contribution in [0.4, 0.5) is 0 Å². The molecule has 0 bridgehead atoms. The first-order valence-electron chi connectivity index (χ1n) is 8.05. The fourth-order valence-corrected chi connectivity index (χ4v) is 3.68. The Balaban J connectivity index is 2.96. The third-order valence-corrected chi connectivity index (χ3v) is 4.73. The molecule has 1 aliphatic rings. The Bertz CT molecular complexity index is 274. The van der Waals surface area contributed by atoms with E-state index in [1.807, 2.05) is 0 Å². The third-order valence-electron chi connectivity index (χ3n) is 4.73. The predicted molar refractivity (Wildman–Crippen MR) is 80.9 cm³/mol. The Hall–Kier alpha value is -0.570. The molecule has 3 nitrogen and oxygen atoms in total. The van der Waals surface area contributed by atoms with Crippen molar-refractivity contribution in [2.75, 3.05) is 6.54 Å². The van der Waals surface area contributed by atoms with Gasteiger partial charge in [-0.25, -0.2) is 0 Å². The number of hydrogen-bond acceptors (Lipinski definition) is 2. The molecule has 2 N–H and O–H groups in total. The molecule has 1 rings (SSSR count). The van der Waals surface area contributed by atoms with Crippen LogP contribution in [0.15, 0.2) is 0 Å². The first-order chi connectivity index (χ1) is 9.02. The molecular weight excluding hydrogens is 236 g/mol. The molecule has 0 spiro atoms. The van der Waals surface area contributed by atoms with Crippen LogP contribution in [0.2, 0.25) is 0 Å². The molecule has 0 aromatic carbocycles. The van der Waals surface area contributed by atoms with Crippen molar-refractivity contribution >= 4 is 5.91 Å². The summed E-state index contributed by atoms with van der Waals surface area (Å²) in [6.45, 7) is 9.16. The molecule has 0 aromatic heterocycles. The average Bonchev–Trinajstić information content (AvgIpc) is 2.38. The number of rotatable bonds is 6. The summed E-state index contributed by atoms with van der Waals surface area (Å²) in [5.41, 5.74) is 5.71. The number of nitrogens with two attached hydrogens (primary N) is 1. The van der Waals surface area contributed by atoms with E-state index in [1.165, 1.54) is 6.42 Å². The second kappa shape index (κ2) is 7.28. The molecule has 0 saturated carbocycles. The van der Waals surface area contributed by atoms with Crippen molar-refractivity contribution in [2.45, 2.75) is 84.7 Å². The van der Waals surface area contributed by atoms with Gasteiger partial charge >= 0.3 is 0 Å². The van der Waals surface area contributed by atoms with Crippen molar-refractivity contribution in [1.82, 2.24) is 4.90 Å². The highest BCUT2D eigenvalue weighted by Gasteiger charge is 2.42. The van der Waals surface area contributed by atoms with Gasteiger partial charge in [-0.15, -0.1) is 0 Å². The van der Waals surface area contributed by atoms with Crippen molar-refractivity contribution in [2.24, 2.45) is 11.1 Å². The predicted octanol–water partition coefficient (Wildman–Crippen LogP) is 3.32. The molecule has 0 aliphatic carbocycles. The van der Waals surface area contributed by atoms with E-state index in [-0.39, 0.29) is 5.41 Å². The summed E-state index contributed by atoms with van der Waals surface area (Å²) in [6.07, 6.45) is 7.41. The molecular formula is C16H32N2O. The van der Waals surface area contributed by atoms with Gasteiger partial charge in [0, 0.05) is 18.6 Å². The minimum Gasteiger partial charge on any atom is -0.337 e. The SMILES string of the molecule is CCCC(CN)(CCC)C(=O)N1[C@H](C)CCC[C@@H]1C. The fraction of sp³-hybridized carbons (Fsp3) is 0.938. The summed E-state index contributed by atoms with van der Waals surface area (Å²) in [5, 5.41) is 0. The van der Waals surface area contributed by atoms with E-state index >= 15 is 0 Å². The molecule has 1 fully saturated rings. The minimum atomic E-state index is -0.316. The summed E-state index contributed by atoms with van der Waals surface area (Å²) in [4.78, 5) is 15.2. The van der Waals surface area contributed by atoms with Crippen LogP contribution in [0.25, 0.3) is 0 Å². The number of nitrogens with zero attached hydrogens (tertiary/aromatic N) is 1. The zero-order valence-corrected chi connectivity index (χ0v) is 13.2. The summed E-state index contributed by atoms with van der Waals surface area (Å²) >= 11 is 0. The molecule has 3 heteroatoms. The lowest BCUT2D eigenvalue weighted by molar-refractivity contribution is -0.149. The van der Waals surface area contributed by atoms with Gasteiger partial charge in [0.25, 0.3) is 0 Å². The van der Waals surface area contributed by atoms with Crippen LogP contribution in [-0.4, -0.2) is 29.4 Å². The van der Waals surface area contributed by atoms with Crippen LogP contribution < -0.4 is 5.73 Å². The number of amides is 1. The highest BCUT2D eigenvalue weighted by Crippen LogP contribution is 2.35. The highest BCUT2D eigenvalue weighted by molar-refractivity contribution is 5.83. The van der Waals surface area contributed by atoms with E-state index in [2.05, 4.69) is 32.6 Å². The zero-order chi connectivity index (χ0) is 14.5. The van der Waals surface area contributed by atoms with Crippen molar-refractivity contribution in [1.29, 1.82) is 0 Å². The van der Waals surface area contributed by atoms with E-state index in [4.69, 9.17) is 5.73 Å². The second-order valence-electron chi connectivity index (χ2n) is 6.33. The lowest BCUT2D eigenvalue weighted by Crippen LogP contribution is -2.55. The van der Waals surface area contributed by atoms with E-state index in [0.717, 1.165) is 38.5 Å². The number of carbonyl (C=O) groups is 1. The molecule has 1 aliphatic heterocycles. The minimum absolute atomic E-state index is 0.316. The van der Waals surface area contributed by atoms with Crippen molar-refractivity contribution in [3.05, 3.63) is 0 Å². The quantitative estimate of drug-likeness (QED) is 0.803. The van der Waals surface area contributed by atoms with Crippen LogP contribution in [0.3, 0.4) is 0 Å². The molecule has 0 unspecified atom stereocenters. The van der Waals surface area contributed by atoms with Gasteiger partial charge < -0.3 is 10.6 Å². The number of hydrogen-bond donors (Lipinski definition) is 1. The van der Waals surface area contributed by atoms with Crippen LogP contribution in [-0.2, 0) is 4.79 Å². The topological polar surface area (TPSA) is 46.3 Å². The van der Waals surface area contributed by atoms with Gasteiger partial charge in [0.2, 0.25) is 5.91 Å². The number of carbonyl (C=O) groups excluding carboxylic acids is 1. The van der Waals surface area contributed by atoms with Gasteiger partial charge in [-0.2, -0.15) is 0 Å². The maximum absolute atomic E-state index is 13.1. The summed E-state index contributed by atoms with van der Waals surface area (Å²) in [6, 6.07) is 0.742. The first-order valence-corrected chi connectivity index (χ1v) is 8.05. The molecule has 2 atom stereocenters. The van der Waals surface area contributed by atoms with Gasteiger partial charge in [-0.05, 0) is 46.0 Å². The van der Waals surface area contributed by atoms with Crippen LogP contribution in [0.1, 0.15) is 72.6 Å². The molecule has 112 valence electrons. The lowest BCUT2D eigenvalue weighted by Gasteiger charge is -2.45. The number of likely N-dealkylation sites (tertiary alicyclic amines) is 1. The van der Waals surface area contributed by atoms with Crippen molar-refractivity contribution < 1.29 is 4.79 Å². The van der Waals surface area contributed by atoms with Gasteiger partial charge in [0.15, 0.2) is 0 Å². The highest BCUT2D eigenvalue weighted by atomic mass is 16.2. The van der Waals surface area contributed by atoms with E-state index in [9.17, 15) is 4.79 Å². The Kier molecular flexibility index (Phi) is 6.31. The maximum atomic E-state index is 13.1. The Morgan fingerprint density at radius 2 is 1.63 bits per heavy atom. The molecule has 0 aromatic rings. The van der Waals surface area contributed by atoms with Crippen molar-refractivity contribution in [3.8, 4) is 0 Å². The molecule has 1 heterocycles. The molecule has 1 amide bonds.